The van der Waals surface area contributed by atoms with E-state index in [9.17, 15) is 8.42 Å². The van der Waals surface area contributed by atoms with Gasteiger partial charge in [-0.1, -0.05) is 5.10 Å². The van der Waals surface area contributed by atoms with Crippen LogP contribution in [0.2, 0.25) is 0 Å². The fourth-order valence-electron chi connectivity index (χ4n) is 0.942. The van der Waals surface area contributed by atoms with Crippen LogP contribution in [0.15, 0.2) is 4.42 Å². The highest BCUT2D eigenvalue weighted by Gasteiger charge is 2.08. The van der Waals surface area contributed by atoms with Gasteiger partial charge in [-0.25, -0.2) is 13.1 Å². The number of rotatable bonds is 7. The lowest BCUT2D eigenvalue weighted by atomic mass is 10.6. The number of hydrogen-bond acceptors (Lipinski definition) is 7. The zero-order valence-electron chi connectivity index (χ0n) is 9.15. The Kier molecular flexibility index (Phi) is 4.65. The standard InChI is InChI=1S/C7H15N5O3S/c1-8-5-6-11-12-7(15-6)10-3-4-16(13,14)9-2/h8-9H,3-5H2,1-2H3,(H,10,12). The molecule has 0 aromatic carbocycles. The zero-order chi connectivity index (χ0) is 12.0. The van der Waals surface area contributed by atoms with Crippen LogP contribution in [-0.4, -0.2) is 45.0 Å². The van der Waals surface area contributed by atoms with E-state index in [0.29, 0.717) is 12.4 Å². The number of aromatic nitrogens is 2. The minimum atomic E-state index is -3.21. The van der Waals surface area contributed by atoms with E-state index in [1.54, 1.807) is 7.05 Å². The molecule has 1 aromatic rings. The lowest BCUT2D eigenvalue weighted by Gasteiger charge is -2.01. The van der Waals surface area contributed by atoms with Crippen LogP contribution in [-0.2, 0) is 16.6 Å². The molecule has 0 atom stereocenters. The van der Waals surface area contributed by atoms with Crippen LogP contribution >= 0.6 is 0 Å². The van der Waals surface area contributed by atoms with E-state index >= 15 is 0 Å². The highest BCUT2D eigenvalue weighted by atomic mass is 32.2. The maximum Gasteiger partial charge on any atom is 0.315 e. The second-order valence-corrected chi connectivity index (χ2v) is 5.03. The molecule has 1 aromatic heterocycles. The molecular weight excluding hydrogens is 234 g/mol. The van der Waals surface area contributed by atoms with Gasteiger partial charge in [0.2, 0.25) is 15.9 Å². The SMILES string of the molecule is CNCc1nnc(NCCS(=O)(=O)NC)o1. The molecule has 0 unspecified atom stereocenters. The van der Waals surface area contributed by atoms with Crippen molar-refractivity contribution in [2.45, 2.75) is 6.54 Å². The number of nitrogens with one attached hydrogen (secondary N) is 3. The molecule has 1 rings (SSSR count). The molecule has 9 heteroatoms. The van der Waals surface area contributed by atoms with Gasteiger partial charge in [0.25, 0.3) is 0 Å². The summed E-state index contributed by atoms with van der Waals surface area (Å²) in [4.78, 5) is 0. The molecular formula is C7H15N5O3S. The van der Waals surface area contributed by atoms with Crippen LogP contribution in [0.5, 0.6) is 0 Å². The summed E-state index contributed by atoms with van der Waals surface area (Å²) in [7, 11) is -0.0789. The van der Waals surface area contributed by atoms with Crippen LogP contribution in [0.1, 0.15) is 5.89 Å². The maximum absolute atomic E-state index is 11.1. The van der Waals surface area contributed by atoms with Gasteiger partial charge in [0.1, 0.15) is 0 Å². The van der Waals surface area contributed by atoms with Gasteiger partial charge in [0.15, 0.2) is 0 Å². The van der Waals surface area contributed by atoms with Gasteiger partial charge in [0.05, 0.1) is 12.3 Å². The Labute approximate surface area is 93.9 Å². The molecule has 0 radical (unpaired) electrons. The molecule has 0 aliphatic rings. The summed E-state index contributed by atoms with van der Waals surface area (Å²) in [6.45, 7) is 0.688. The molecule has 0 amide bonds. The largest absolute Gasteiger partial charge is 0.407 e. The third-order valence-corrected chi connectivity index (χ3v) is 3.12. The summed E-state index contributed by atoms with van der Waals surface area (Å²) in [5.74, 6) is 0.397. The molecule has 0 bridgehead atoms. The van der Waals surface area contributed by atoms with Crippen LogP contribution in [0.25, 0.3) is 0 Å². The number of nitrogens with zero attached hydrogens (tertiary/aromatic N) is 2. The molecule has 16 heavy (non-hydrogen) atoms. The van der Waals surface area contributed by atoms with Gasteiger partial charge < -0.3 is 15.1 Å². The van der Waals surface area contributed by atoms with Crippen molar-refractivity contribution in [2.24, 2.45) is 0 Å². The van der Waals surface area contributed by atoms with Crippen molar-refractivity contribution in [1.82, 2.24) is 20.2 Å². The first-order chi connectivity index (χ1) is 7.57. The van der Waals surface area contributed by atoms with Gasteiger partial charge >= 0.3 is 6.01 Å². The minimum absolute atomic E-state index is 0.0484. The molecule has 3 N–H and O–H groups in total. The van der Waals surface area contributed by atoms with Crippen molar-refractivity contribution in [3.05, 3.63) is 5.89 Å². The van der Waals surface area contributed by atoms with Gasteiger partial charge in [-0.2, -0.15) is 0 Å². The normalized spacial score (nSPS) is 11.6. The molecule has 0 spiro atoms. The monoisotopic (exact) mass is 249 g/mol. The van der Waals surface area contributed by atoms with Gasteiger partial charge in [0, 0.05) is 6.54 Å². The summed E-state index contributed by atoms with van der Waals surface area (Å²) >= 11 is 0. The Morgan fingerprint density at radius 2 is 2.06 bits per heavy atom. The fraction of sp³-hybridized carbons (Fsp3) is 0.714. The summed E-state index contributed by atoms with van der Waals surface area (Å²) in [6.07, 6.45) is 0. The quantitative estimate of drug-likeness (QED) is 0.554. The first-order valence-corrected chi connectivity index (χ1v) is 6.34. The smallest absolute Gasteiger partial charge is 0.315 e. The van der Waals surface area contributed by atoms with Gasteiger partial charge in [-0.3, -0.25) is 0 Å². The number of sulfonamides is 1. The van der Waals surface area contributed by atoms with Crippen molar-refractivity contribution in [1.29, 1.82) is 0 Å². The zero-order valence-corrected chi connectivity index (χ0v) is 9.97. The Bertz CT molecular complexity index is 415. The first-order valence-electron chi connectivity index (χ1n) is 4.69. The third-order valence-electron chi connectivity index (χ3n) is 1.75. The van der Waals surface area contributed by atoms with Gasteiger partial charge in [-0.05, 0) is 14.1 Å². The summed E-state index contributed by atoms with van der Waals surface area (Å²) < 4.78 is 29.5. The van der Waals surface area contributed by atoms with Crippen LogP contribution in [0.3, 0.4) is 0 Å². The van der Waals surface area contributed by atoms with Crippen molar-refractivity contribution >= 4 is 16.0 Å². The lowest BCUT2D eigenvalue weighted by Crippen LogP contribution is -2.26. The van der Waals surface area contributed by atoms with E-state index in [2.05, 4.69) is 25.6 Å². The maximum atomic E-state index is 11.1. The van der Waals surface area contributed by atoms with Crippen molar-refractivity contribution in [2.75, 3.05) is 31.7 Å². The molecule has 0 saturated heterocycles. The second-order valence-electron chi connectivity index (χ2n) is 2.98. The third kappa shape index (κ3) is 4.13. The molecule has 92 valence electrons. The molecule has 0 aliphatic heterocycles. The van der Waals surface area contributed by atoms with Crippen molar-refractivity contribution in [3.63, 3.8) is 0 Å². The van der Waals surface area contributed by atoms with E-state index in [1.165, 1.54) is 7.05 Å². The molecule has 0 aliphatic carbocycles. The Morgan fingerprint density at radius 3 is 2.69 bits per heavy atom. The highest BCUT2D eigenvalue weighted by Crippen LogP contribution is 2.04. The van der Waals surface area contributed by atoms with Crippen LogP contribution in [0.4, 0.5) is 6.01 Å². The Balaban J connectivity index is 2.37. The van der Waals surface area contributed by atoms with Crippen LogP contribution in [0, 0.1) is 0 Å². The first kappa shape index (κ1) is 12.9. The van der Waals surface area contributed by atoms with Crippen LogP contribution < -0.4 is 15.4 Å². The van der Waals surface area contributed by atoms with E-state index < -0.39 is 10.0 Å². The van der Waals surface area contributed by atoms with E-state index in [0.717, 1.165) is 0 Å². The highest BCUT2D eigenvalue weighted by molar-refractivity contribution is 7.89. The van der Waals surface area contributed by atoms with E-state index in [-0.39, 0.29) is 18.3 Å². The van der Waals surface area contributed by atoms with Gasteiger partial charge in [-0.15, -0.1) is 5.10 Å². The minimum Gasteiger partial charge on any atom is -0.407 e. The van der Waals surface area contributed by atoms with Crippen molar-refractivity contribution in [3.8, 4) is 0 Å². The lowest BCUT2D eigenvalue weighted by molar-refractivity contribution is 0.490. The topological polar surface area (TPSA) is 109 Å². The average molecular weight is 249 g/mol. The Morgan fingerprint density at radius 1 is 1.31 bits per heavy atom. The summed E-state index contributed by atoms with van der Waals surface area (Å²) in [5.41, 5.74) is 0. The molecule has 1 heterocycles. The van der Waals surface area contributed by atoms with E-state index in [4.69, 9.17) is 4.42 Å². The number of anilines is 1. The predicted molar refractivity (Wildman–Crippen MR) is 58.4 cm³/mol. The average Bonchev–Trinajstić information content (AvgIpc) is 2.66. The summed E-state index contributed by atoms with van der Waals surface area (Å²) in [5, 5.41) is 13.0. The summed E-state index contributed by atoms with van der Waals surface area (Å²) in [6, 6.07) is 0.219. The Hall–Kier alpha value is -1.19. The van der Waals surface area contributed by atoms with E-state index in [1.807, 2.05) is 0 Å². The molecule has 0 saturated carbocycles. The fourth-order valence-corrected chi connectivity index (χ4v) is 1.52. The number of hydrogen-bond donors (Lipinski definition) is 3. The van der Waals surface area contributed by atoms with Crippen molar-refractivity contribution < 1.29 is 12.8 Å². The second kappa shape index (κ2) is 5.77. The predicted octanol–water partition coefficient (Wildman–Crippen LogP) is -1.25. The molecule has 8 nitrogen and oxygen atoms in total. The molecule has 0 fully saturated rings.